The summed E-state index contributed by atoms with van der Waals surface area (Å²) in [5.74, 6) is 0.0417. The quantitative estimate of drug-likeness (QED) is 0.746. The Morgan fingerprint density at radius 1 is 1.47 bits per heavy atom. The number of nitrogens with one attached hydrogen (secondary N) is 1. The predicted octanol–water partition coefficient (Wildman–Crippen LogP) is 0.953. The molecule has 1 amide bonds. The second-order valence-corrected chi connectivity index (χ2v) is 4.97. The first-order valence-electron chi connectivity index (χ1n) is 5.36. The summed E-state index contributed by atoms with van der Waals surface area (Å²) in [6.45, 7) is 6.94. The topological polar surface area (TPSA) is 47.6 Å². The summed E-state index contributed by atoms with van der Waals surface area (Å²) in [5.41, 5.74) is -0.365. The molecule has 1 saturated heterocycles. The second-order valence-electron chi connectivity index (χ2n) is 4.97. The van der Waals surface area contributed by atoms with Gasteiger partial charge < -0.3 is 14.8 Å². The van der Waals surface area contributed by atoms with Crippen molar-refractivity contribution < 1.29 is 14.3 Å². The third-order valence-electron chi connectivity index (χ3n) is 2.59. The van der Waals surface area contributed by atoms with Gasteiger partial charge in [-0.3, -0.25) is 4.79 Å². The standard InChI is InChI=1S/C11H21NO3/c1-11(2,3)10(13)12-8-7-15-6-5-9(8)14-4/h8-9H,5-7H2,1-4H3,(H,12,13)/t8?,9-/m1/s1. The number of carbonyl (C=O) groups is 1. The maximum Gasteiger partial charge on any atom is 0.225 e. The van der Waals surface area contributed by atoms with Crippen LogP contribution >= 0.6 is 0 Å². The van der Waals surface area contributed by atoms with Crippen LogP contribution in [0, 0.1) is 5.41 Å². The highest BCUT2D eigenvalue weighted by molar-refractivity contribution is 5.81. The molecule has 0 spiro atoms. The molecule has 1 fully saturated rings. The summed E-state index contributed by atoms with van der Waals surface area (Å²) in [7, 11) is 1.67. The molecule has 15 heavy (non-hydrogen) atoms. The fourth-order valence-electron chi connectivity index (χ4n) is 1.52. The number of methoxy groups -OCH3 is 1. The maximum absolute atomic E-state index is 11.8. The van der Waals surface area contributed by atoms with Crippen LogP contribution in [0.15, 0.2) is 0 Å². The lowest BCUT2D eigenvalue weighted by Crippen LogP contribution is -2.52. The van der Waals surface area contributed by atoms with E-state index in [0.717, 1.165) is 6.42 Å². The second kappa shape index (κ2) is 4.94. The summed E-state index contributed by atoms with van der Waals surface area (Å²) in [6.07, 6.45) is 0.913. The number of hydrogen-bond acceptors (Lipinski definition) is 3. The van der Waals surface area contributed by atoms with Crippen LogP contribution in [-0.2, 0) is 14.3 Å². The summed E-state index contributed by atoms with van der Waals surface area (Å²) in [5, 5.41) is 2.97. The Kier molecular flexibility index (Phi) is 4.11. The average Bonchev–Trinajstić information content (AvgIpc) is 2.17. The van der Waals surface area contributed by atoms with Gasteiger partial charge in [-0.25, -0.2) is 0 Å². The summed E-state index contributed by atoms with van der Waals surface area (Å²) < 4.78 is 10.7. The molecule has 1 heterocycles. The molecular formula is C11H21NO3. The first-order valence-corrected chi connectivity index (χ1v) is 5.36. The molecule has 4 heteroatoms. The molecule has 0 radical (unpaired) electrons. The molecule has 1 unspecified atom stereocenters. The number of amides is 1. The minimum absolute atomic E-state index is 0.0181. The first-order chi connectivity index (χ1) is 6.95. The van der Waals surface area contributed by atoms with Gasteiger partial charge in [0.2, 0.25) is 5.91 Å². The van der Waals surface area contributed by atoms with E-state index in [9.17, 15) is 4.79 Å². The van der Waals surface area contributed by atoms with Gasteiger partial charge in [0.25, 0.3) is 0 Å². The molecule has 4 nitrogen and oxygen atoms in total. The van der Waals surface area contributed by atoms with Crippen LogP contribution in [0.2, 0.25) is 0 Å². The van der Waals surface area contributed by atoms with Gasteiger partial charge in [-0.2, -0.15) is 0 Å². The lowest BCUT2D eigenvalue weighted by atomic mass is 9.94. The van der Waals surface area contributed by atoms with Crippen LogP contribution in [0.4, 0.5) is 0 Å². The third kappa shape index (κ3) is 3.47. The van der Waals surface area contributed by atoms with Crippen molar-refractivity contribution in [3.8, 4) is 0 Å². The fraction of sp³-hybridized carbons (Fsp3) is 0.909. The van der Waals surface area contributed by atoms with E-state index in [1.807, 2.05) is 20.8 Å². The van der Waals surface area contributed by atoms with Gasteiger partial charge >= 0.3 is 0 Å². The Hall–Kier alpha value is -0.610. The van der Waals surface area contributed by atoms with E-state index in [4.69, 9.17) is 9.47 Å². The van der Waals surface area contributed by atoms with Gasteiger partial charge in [-0.1, -0.05) is 20.8 Å². The summed E-state index contributed by atoms with van der Waals surface area (Å²) in [6, 6.07) is -0.0181. The Morgan fingerprint density at radius 2 is 2.13 bits per heavy atom. The van der Waals surface area contributed by atoms with E-state index < -0.39 is 0 Å². The molecule has 0 aromatic heterocycles. The molecule has 1 aliphatic rings. The number of rotatable bonds is 2. The normalized spacial score (nSPS) is 27.5. The van der Waals surface area contributed by atoms with Crippen molar-refractivity contribution in [2.24, 2.45) is 5.41 Å². The largest absolute Gasteiger partial charge is 0.379 e. The molecule has 2 atom stereocenters. The Bertz CT molecular complexity index is 222. The average molecular weight is 215 g/mol. The van der Waals surface area contributed by atoms with Gasteiger partial charge in [-0.15, -0.1) is 0 Å². The SMILES string of the molecule is CO[C@@H]1CCOCC1NC(=O)C(C)(C)C. The lowest BCUT2D eigenvalue weighted by Gasteiger charge is -2.33. The van der Waals surface area contributed by atoms with Crippen molar-refractivity contribution in [1.29, 1.82) is 0 Å². The van der Waals surface area contributed by atoms with E-state index in [1.165, 1.54) is 0 Å². The highest BCUT2D eigenvalue weighted by atomic mass is 16.5. The minimum Gasteiger partial charge on any atom is -0.379 e. The summed E-state index contributed by atoms with van der Waals surface area (Å²) in [4.78, 5) is 11.8. The lowest BCUT2D eigenvalue weighted by molar-refractivity contribution is -0.132. The molecule has 0 saturated carbocycles. The zero-order chi connectivity index (χ0) is 11.5. The van der Waals surface area contributed by atoms with Gasteiger partial charge in [0.05, 0.1) is 18.8 Å². The highest BCUT2D eigenvalue weighted by Crippen LogP contribution is 2.16. The van der Waals surface area contributed by atoms with Crippen LogP contribution in [0.25, 0.3) is 0 Å². The molecule has 0 aromatic rings. The smallest absolute Gasteiger partial charge is 0.225 e. The van der Waals surface area contributed by atoms with Crippen molar-refractivity contribution in [3.63, 3.8) is 0 Å². The van der Waals surface area contributed by atoms with Crippen molar-refractivity contribution in [2.75, 3.05) is 20.3 Å². The zero-order valence-electron chi connectivity index (χ0n) is 10.0. The van der Waals surface area contributed by atoms with Gasteiger partial charge in [0.1, 0.15) is 0 Å². The molecule has 1 aliphatic heterocycles. The number of ether oxygens (including phenoxy) is 2. The maximum atomic E-state index is 11.8. The van der Waals surface area contributed by atoms with Gasteiger partial charge in [0.15, 0.2) is 0 Å². The van der Waals surface area contributed by atoms with Crippen molar-refractivity contribution in [3.05, 3.63) is 0 Å². The molecule has 0 aromatic carbocycles. The van der Waals surface area contributed by atoms with E-state index in [2.05, 4.69) is 5.32 Å². The molecule has 0 aliphatic carbocycles. The Labute approximate surface area is 91.3 Å². The van der Waals surface area contributed by atoms with Crippen molar-refractivity contribution in [1.82, 2.24) is 5.32 Å². The predicted molar refractivity (Wildman–Crippen MR) is 57.6 cm³/mol. The molecular weight excluding hydrogens is 194 g/mol. The Morgan fingerprint density at radius 3 is 2.67 bits per heavy atom. The van der Waals surface area contributed by atoms with E-state index >= 15 is 0 Å². The third-order valence-corrected chi connectivity index (χ3v) is 2.59. The van der Waals surface area contributed by atoms with Crippen LogP contribution in [0.5, 0.6) is 0 Å². The highest BCUT2D eigenvalue weighted by Gasteiger charge is 2.30. The van der Waals surface area contributed by atoms with Crippen molar-refractivity contribution in [2.45, 2.75) is 39.3 Å². The molecule has 0 bridgehead atoms. The molecule has 1 rings (SSSR count). The minimum atomic E-state index is -0.365. The van der Waals surface area contributed by atoms with E-state index in [0.29, 0.717) is 13.2 Å². The van der Waals surface area contributed by atoms with Gasteiger partial charge in [-0.05, 0) is 6.42 Å². The molecule has 88 valence electrons. The van der Waals surface area contributed by atoms with E-state index in [1.54, 1.807) is 7.11 Å². The first kappa shape index (κ1) is 12.5. The Balaban J connectivity index is 2.52. The summed E-state index contributed by atoms with van der Waals surface area (Å²) >= 11 is 0. The zero-order valence-corrected chi connectivity index (χ0v) is 10.0. The van der Waals surface area contributed by atoms with Gasteiger partial charge in [0, 0.05) is 19.1 Å². The fourth-order valence-corrected chi connectivity index (χ4v) is 1.52. The van der Waals surface area contributed by atoms with E-state index in [-0.39, 0.29) is 23.5 Å². The molecule has 1 N–H and O–H groups in total. The van der Waals surface area contributed by atoms with Crippen LogP contribution < -0.4 is 5.32 Å². The van der Waals surface area contributed by atoms with Crippen LogP contribution in [0.3, 0.4) is 0 Å². The monoisotopic (exact) mass is 215 g/mol. The van der Waals surface area contributed by atoms with Crippen LogP contribution in [0.1, 0.15) is 27.2 Å². The van der Waals surface area contributed by atoms with Crippen LogP contribution in [-0.4, -0.2) is 38.4 Å². The number of hydrogen-bond donors (Lipinski definition) is 1. The van der Waals surface area contributed by atoms with Crippen molar-refractivity contribution >= 4 is 5.91 Å². The number of carbonyl (C=O) groups excluding carboxylic acids is 1.